The summed E-state index contributed by atoms with van der Waals surface area (Å²) in [6.07, 6.45) is 3.86. The first kappa shape index (κ1) is 10.3. The molecule has 0 aliphatic rings. The lowest BCUT2D eigenvalue weighted by molar-refractivity contribution is 0.367. The van der Waals surface area contributed by atoms with Crippen molar-refractivity contribution in [3.8, 4) is 0 Å². The lowest BCUT2D eigenvalue weighted by atomic mass is 9.90. The fraction of sp³-hybridized carbons (Fsp3) is 0.750. The van der Waals surface area contributed by atoms with Crippen LogP contribution in [0.4, 0.5) is 0 Å². The average molecular weight is 181 g/mol. The van der Waals surface area contributed by atoms with E-state index in [-0.39, 0.29) is 10.3 Å². The lowest BCUT2D eigenvalue weighted by Crippen LogP contribution is -2.19. The predicted octanol–water partition coefficient (Wildman–Crippen LogP) is 3.78. The zero-order chi connectivity index (χ0) is 8.20. The quantitative estimate of drug-likeness (QED) is 0.457. The third kappa shape index (κ3) is 3.48. The van der Waals surface area contributed by atoms with Gasteiger partial charge < -0.3 is 0 Å². The monoisotopic (exact) mass is 180 g/mol. The molecule has 2 heteroatoms. The van der Waals surface area contributed by atoms with E-state index in [2.05, 4.69) is 20.4 Å². The molecule has 10 heavy (non-hydrogen) atoms. The number of alkyl halides is 2. The van der Waals surface area contributed by atoms with E-state index >= 15 is 0 Å². The minimum atomic E-state index is -0.285. The molecule has 0 heterocycles. The van der Waals surface area contributed by atoms with Gasteiger partial charge >= 0.3 is 0 Å². The van der Waals surface area contributed by atoms with Gasteiger partial charge in [-0.25, -0.2) is 0 Å². The Morgan fingerprint density at radius 3 is 2.30 bits per heavy atom. The molecule has 0 aromatic rings. The maximum Gasteiger partial charge on any atom is 0.112 e. The number of allylic oxidation sites excluding steroid dienone is 1. The summed E-state index contributed by atoms with van der Waals surface area (Å²) in [6, 6.07) is 0. The van der Waals surface area contributed by atoms with Gasteiger partial charge in [0, 0.05) is 0 Å². The highest BCUT2D eigenvalue weighted by atomic mass is 35.5. The largest absolute Gasteiger partial charge is 0.112 e. The number of hydrogen-bond acceptors (Lipinski definition) is 0. The molecule has 0 radical (unpaired) electrons. The fourth-order valence-electron chi connectivity index (χ4n) is 0.583. The van der Waals surface area contributed by atoms with Gasteiger partial charge in [0.25, 0.3) is 0 Å². The van der Waals surface area contributed by atoms with E-state index in [9.17, 15) is 0 Å². The molecule has 0 spiro atoms. The van der Waals surface area contributed by atoms with Crippen LogP contribution in [0.3, 0.4) is 0 Å². The van der Waals surface area contributed by atoms with E-state index in [1.807, 2.05) is 6.08 Å². The Morgan fingerprint density at radius 1 is 1.50 bits per heavy atom. The fourth-order valence-corrected chi connectivity index (χ4v) is 0.801. The lowest BCUT2D eigenvalue weighted by Gasteiger charge is -2.24. The van der Waals surface area contributed by atoms with Crippen molar-refractivity contribution in [2.24, 2.45) is 5.41 Å². The van der Waals surface area contributed by atoms with Crippen LogP contribution in [0.5, 0.6) is 0 Å². The summed E-state index contributed by atoms with van der Waals surface area (Å²) in [7, 11) is 0. The molecule has 0 atom stereocenters. The van der Waals surface area contributed by atoms with E-state index in [1.165, 1.54) is 0 Å². The molecule has 0 unspecified atom stereocenters. The standard InChI is InChI=1S/C8H14Cl2/c1-4-5-6-8(2,3)7(9)10/h4,7H,1,5-6H2,2-3H3. The molecule has 0 aliphatic carbocycles. The van der Waals surface area contributed by atoms with Crippen molar-refractivity contribution in [2.75, 3.05) is 0 Å². The minimum Gasteiger partial charge on any atom is -0.105 e. The molecule has 0 aliphatic heterocycles. The highest BCUT2D eigenvalue weighted by molar-refractivity contribution is 6.44. The summed E-state index contributed by atoms with van der Waals surface area (Å²) in [5.74, 6) is 0. The van der Waals surface area contributed by atoms with E-state index in [0.717, 1.165) is 12.8 Å². The Hall–Kier alpha value is 0.320. The molecule has 0 fully saturated rings. The highest BCUT2D eigenvalue weighted by Gasteiger charge is 2.24. The van der Waals surface area contributed by atoms with Crippen LogP contribution < -0.4 is 0 Å². The van der Waals surface area contributed by atoms with Crippen LogP contribution in [0.2, 0.25) is 0 Å². The second-order valence-corrected chi connectivity index (χ2v) is 4.21. The maximum atomic E-state index is 5.74. The summed E-state index contributed by atoms with van der Waals surface area (Å²) in [5, 5.41) is 0. The molecule has 0 N–H and O–H groups in total. The molecular weight excluding hydrogens is 167 g/mol. The molecule has 0 aromatic carbocycles. The van der Waals surface area contributed by atoms with Gasteiger partial charge in [-0.3, -0.25) is 0 Å². The van der Waals surface area contributed by atoms with Gasteiger partial charge in [-0.2, -0.15) is 0 Å². The normalized spacial score (nSPS) is 12.1. The molecule has 0 aromatic heterocycles. The Labute approximate surface area is 73.2 Å². The van der Waals surface area contributed by atoms with Gasteiger partial charge in [0.05, 0.1) is 0 Å². The van der Waals surface area contributed by atoms with E-state index < -0.39 is 0 Å². The highest BCUT2D eigenvalue weighted by Crippen LogP contribution is 2.33. The molecule has 0 amide bonds. The van der Waals surface area contributed by atoms with Gasteiger partial charge in [-0.05, 0) is 18.3 Å². The maximum absolute atomic E-state index is 5.74. The molecule has 0 bridgehead atoms. The summed E-state index contributed by atoms with van der Waals surface area (Å²) in [4.78, 5) is -0.285. The third-order valence-electron chi connectivity index (χ3n) is 1.58. The second-order valence-electron chi connectivity index (χ2n) is 3.12. The van der Waals surface area contributed by atoms with Crippen LogP contribution in [-0.2, 0) is 0 Å². The van der Waals surface area contributed by atoms with Crippen molar-refractivity contribution in [3.63, 3.8) is 0 Å². The summed E-state index contributed by atoms with van der Waals surface area (Å²) < 4.78 is 0. The van der Waals surface area contributed by atoms with Crippen LogP contribution in [-0.4, -0.2) is 4.84 Å². The molecule has 0 saturated heterocycles. The Kier molecular flexibility index (Phi) is 4.39. The summed E-state index contributed by atoms with van der Waals surface area (Å²) in [5.41, 5.74) is 0.0112. The first-order chi connectivity index (χ1) is 4.50. The van der Waals surface area contributed by atoms with Crippen LogP contribution in [0.15, 0.2) is 12.7 Å². The third-order valence-corrected chi connectivity index (χ3v) is 2.77. The van der Waals surface area contributed by atoms with Crippen LogP contribution in [0, 0.1) is 5.41 Å². The molecule has 60 valence electrons. The first-order valence-electron chi connectivity index (χ1n) is 3.40. The van der Waals surface area contributed by atoms with Crippen molar-refractivity contribution in [1.82, 2.24) is 0 Å². The van der Waals surface area contributed by atoms with Gasteiger partial charge in [0.2, 0.25) is 0 Å². The molecule has 0 saturated carbocycles. The molecular formula is C8H14Cl2. The van der Waals surface area contributed by atoms with E-state index in [1.54, 1.807) is 0 Å². The van der Waals surface area contributed by atoms with E-state index in [4.69, 9.17) is 23.2 Å². The van der Waals surface area contributed by atoms with Crippen molar-refractivity contribution in [3.05, 3.63) is 12.7 Å². The van der Waals surface area contributed by atoms with Crippen molar-refractivity contribution in [2.45, 2.75) is 31.5 Å². The van der Waals surface area contributed by atoms with Crippen molar-refractivity contribution < 1.29 is 0 Å². The van der Waals surface area contributed by atoms with Crippen LogP contribution >= 0.6 is 23.2 Å². The smallest absolute Gasteiger partial charge is 0.105 e. The second kappa shape index (κ2) is 4.25. The topological polar surface area (TPSA) is 0 Å². The Bertz CT molecular complexity index is 106. The Morgan fingerprint density at radius 2 is 2.00 bits per heavy atom. The van der Waals surface area contributed by atoms with Gasteiger partial charge in [-0.15, -0.1) is 29.8 Å². The Balaban J connectivity index is 3.74. The summed E-state index contributed by atoms with van der Waals surface area (Å²) in [6.45, 7) is 7.75. The van der Waals surface area contributed by atoms with Crippen molar-refractivity contribution >= 4 is 23.2 Å². The predicted molar refractivity (Wildman–Crippen MR) is 48.7 cm³/mol. The van der Waals surface area contributed by atoms with Gasteiger partial charge in [-0.1, -0.05) is 19.9 Å². The van der Waals surface area contributed by atoms with Crippen LogP contribution in [0.25, 0.3) is 0 Å². The summed E-state index contributed by atoms with van der Waals surface area (Å²) >= 11 is 11.5. The minimum absolute atomic E-state index is 0.0112. The average Bonchev–Trinajstić information content (AvgIpc) is 1.84. The zero-order valence-corrected chi connectivity index (χ0v) is 8.04. The van der Waals surface area contributed by atoms with E-state index in [0.29, 0.717) is 0 Å². The SMILES string of the molecule is C=CCCC(C)(C)C(Cl)Cl. The number of halogens is 2. The van der Waals surface area contributed by atoms with Gasteiger partial charge in [0.1, 0.15) is 4.84 Å². The van der Waals surface area contributed by atoms with Crippen molar-refractivity contribution in [1.29, 1.82) is 0 Å². The number of hydrogen-bond donors (Lipinski definition) is 0. The molecule has 0 rings (SSSR count). The molecule has 0 nitrogen and oxygen atoms in total. The number of rotatable bonds is 4. The van der Waals surface area contributed by atoms with Gasteiger partial charge in [0.15, 0.2) is 0 Å². The first-order valence-corrected chi connectivity index (χ1v) is 4.27. The zero-order valence-electron chi connectivity index (χ0n) is 6.53. The van der Waals surface area contributed by atoms with Crippen LogP contribution in [0.1, 0.15) is 26.7 Å².